The normalized spacial score (nSPS) is 16.6. The summed E-state index contributed by atoms with van der Waals surface area (Å²) in [5.74, 6) is 1.70. The fourth-order valence-corrected chi connectivity index (χ4v) is 2.92. The molecular weight excluding hydrogens is 360 g/mol. The number of nitrogens with one attached hydrogen (secondary N) is 1. The van der Waals surface area contributed by atoms with Gasteiger partial charge in [-0.05, 0) is 25.0 Å². The molecule has 0 unspecified atom stereocenters. The van der Waals surface area contributed by atoms with Crippen LogP contribution in [-0.2, 0) is 4.74 Å². The minimum Gasteiger partial charge on any atom is -0.376 e. The molecule has 9 nitrogen and oxygen atoms in total. The Balaban J connectivity index is 1.42. The van der Waals surface area contributed by atoms with Gasteiger partial charge in [0.15, 0.2) is 5.82 Å². The maximum Gasteiger partial charge on any atom is 0.271 e. The Morgan fingerprint density at radius 3 is 2.93 bits per heavy atom. The van der Waals surface area contributed by atoms with Crippen molar-refractivity contribution >= 4 is 5.91 Å². The van der Waals surface area contributed by atoms with E-state index >= 15 is 0 Å². The third-order valence-corrected chi connectivity index (χ3v) is 4.55. The quantitative estimate of drug-likeness (QED) is 0.697. The number of carbonyl (C=O) groups is 1. The monoisotopic (exact) mass is 382 g/mol. The molecule has 3 aromatic heterocycles. The third-order valence-electron chi connectivity index (χ3n) is 4.55. The van der Waals surface area contributed by atoms with Crippen molar-refractivity contribution in [2.24, 2.45) is 0 Å². The first-order chi connectivity index (χ1) is 13.6. The van der Waals surface area contributed by atoms with Crippen molar-refractivity contribution in [2.45, 2.75) is 38.7 Å². The Labute approximate surface area is 162 Å². The maximum atomic E-state index is 12.3. The van der Waals surface area contributed by atoms with Crippen LogP contribution in [0, 0.1) is 0 Å². The lowest BCUT2D eigenvalue weighted by atomic mass is 10.2. The van der Waals surface area contributed by atoms with Gasteiger partial charge in [0, 0.05) is 31.5 Å². The first-order valence-corrected chi connectivity index (χ1v) is 9.34. The summed E-state index contributed by atoms with van der Waals surface area (Å²) < 4.78 is 12.5. The Morgan fingerprint density at radius 1 is 1.36 bits per heavy atom. The van der Waals surface area contributed by atoms with Crippen molar-refractivity contribution in [1.82, 2.24) is 30.0 Å². The van der Waals surface area contributed by atoms with Gasteiger partial charge in [-0.25, -0.2) is 9.97 Å². The number of aromatic nitrogens is 5. The van der Waals surface area contributed by atoms with Crippen LogP contribution >= 0.6 is 0 Å². The average Bonchev–Trinajstić information content (AvgIpc) is 3.48. The van der Waals surface area contributed by atoms with Gasteiger partial charge in [-0.2, -0.15) is 4.98 Å². The largest absolute Gasteiger partial charge is 0.376 e. The highest BCUT2D eigenvalue weighted by atomic mass is 16.5. The summed E-state index contributed by atoms with van der Waals surface area (Å²) in [6.45, 7) is 5.27. The standard InChI is InChI=1S/C19H22N6O3/c1-12(2)17-23-19(28-24-17)13-5-6-16(20-8-13)25-10-15(22-11-25)18(26)21-9-14-4-3-7-27-14/h5-6,8,10-12,14H,3-4,7,9H2,1-2H3,(H,21,26)/t14-/m0/s1. The van der Waals surface area contributed by atoms with Crippen molar-refractivity contribution in [3.05, 3.63) is 42.4 Å². The van der Waals surface area contributed by atoms with Crippen LogP contribution in [0.25, 0.3) is 17.3 Å². The summed E-state index contributed by atoms with van der Waals surface area (Å²) >= 11 is 0. The van der Waals surface area contributed by atoms with Gasteiger partial charge in [0.2, 0.25) is 0 Å². The minimum absolute atomic E-state index is 0.0983. The summed E-state index contributed by atoms with van der Waals surface area (Å²) in [6.07, 6.45) is 6.98. The topological polar surface area (TPSA) is 108 Å². The smallest absolute Gasteiger partial charge is 0.271 e. The SMILES string of the molecule is CC(C)c1noc(-c2ccc(-n3cnc(C(=O)NC[C@@H]4CCCO4)c3)nc2)n1. The molecule has 1 aliphatic rings. The highest BCUT2D eigenvalue weighted by molar-refractivity contribution is 5.92. The zero-order valence-electron chi connectivity index (χ0n) is 15.8. The van der Waals surface area contributed by atoms with Crippen LogP contribution in [0.1, 0.15) is 48.9 Å². The van der Waals surface area contributed by atoms with E-state index < -0.39 is 0 Å². The Morgan fingerprint density at radius 2 is 2.25 bits per heavy atom. The number of rotatable bonds is 6. The van der Waals surface area contributed by atoms with E-state index in [9.17, 15) is 4.79 Å². The molecule has 1 aliphatic heterocycles. The van der Waals surface area contributed by atoms with E-state index in [1.807, 2.05) is 26.0 Å². The van der Waals surface area contributed by atoms with Gasteiger partial charge in [0.05, 0.1) is 11.7 Å². The molecule has 4 rings (SSSR count). The van der Waals surface area contributed by atoms with Crippen molar-refractivity contribution in [3.63, 3.8) is 0 Å². The molecule has 0 aliphatic carbocycles. The molecule has 0 aromatic carbocycles. The van der Waals surface area contributed by atoms with Gasteiger partial charge in [-0.1, -0.05) is 19.0 Å². The molecule has 0 saturated carbocycles. The molecule has 9 heteroatoms. The Bertz CT molecular complexity index is 941. The van der Waals surface area contributed by atoms with Gasteiger partial charge < -0.3 is 14.6 Å². The summed E-state index contributed by atoms with van der Waals surface area (Å²) in [6, 6.07) is 3.65. The molecule has 1 atom stereocenters. The van der Waals surface area contributed by atoms with Crippen LogP contribution in [0.5, 0.6) is 0 Å². The van der Waals surface area contributed by atoms with Crippen molar-refractivity contribution in [2.75, 3.05) is 13.2 Å². The van der Waals surface area contributed by atoms with Crippen LogP contribution in [0.3, 0.4) is 0 Å². The van der Waals surface area contributed by atoms with Crippen molar-refractivity contribution < 1.29 is 14.1 Å². The Kier molecular flexibility index (Phi) is 5.16. The fraction of sp³-hybridized carbons (Fsp3) is 0.421. The van der Waals surface area contributed by atoms with Crippen LogP contribution in [0.4, 0.5) is 0 Å². The molecule has 146 valence electrons. The first-order valence-electron chi connectivity index (χ1n) is 9.34. The summed E-state index contributed by atoms with van der Waals surface area (Å²) in [7, 11) is 0. The van der Waals surface area contributed by atoms with Gasteiger partial charge in [-0.15, -0.1) is 0 Å². The molecule has 3 aromatic rings. The molecule has 1 saturated heterocycles. The molecule has 0 bridgehead atoms. The molecule has 0 radical (unpaired) electrons. The van der Waals surface area contributed by atoms with E-state index in [0.717, 1.165) is 25.0 Å². The van der Waals surface area contributed by atoms with E-state index in [1.165, 1.54) is 0 Å². The minimum atomic E-state index is -0.224. The number of pyridine rings is 1. The predicted octanol–water partition coefficient (Wildman–Crippen LogP) is 2.35. The molecular formula is C19H22N6O3. The predicted molar refractivity (Wildman–Crippen MR) is 100 cm³/mol. The van der Waals surface area contributed by atoms with Gasteiger partial charge in [-0.3, -0.25) is 9.36 Å². The van der Waals surface area contributed by atoms with E-state index in [2.05, 4.69) is 25.4 Å². The van der Waals surface area contributed by atoms with Gasteiger partial charge >= 0.3 is 0 Å². The van der Waals surface area contributed by atoms with Gasteiger partial charge in [0.25, 0.3) is 11.8 Å². The second-order valence-corrected chi connectivity index (χ2v) is 7.03. The molecule has 4 heterocycles. The van der Waals surface area contributed by atoms with Crippen LogP contribution < -0.4 is 5.32 Å². The lowest BCUT2D eigenvalue weighted by molar-refractivity contribution is 0.0854. The van der Waals surface area contributed by atoms with Crippen LogP contribution in [-0.4, -0.2) is 49.8 Å². The second-order valence-electron chi connectivity index (χ2n) is 7.03. The van der Waals surface area contributed by atoms with Crippen LogP contribution in [0.2, 0.25) is 0 Å². The molecule has 1 N–H and O–H groups in total. The Hall–Kier alpha value is -3.07. The first kappa shape index (κ1) is 18.3. The number of nitrogens with zero attached hydrogens (tertiary/aromatic N) is 5. The number of imidazole rings is 1. The molecule has 1 amide bonds. The van der Waals surface area contributed by atoms with E-state index in [1.54, 1.807) is 23.3 Å². The van der Waals surface area contributed by atoms with E-state index in [4.69, 9.17) is 9.26 Å². The molecule has 0 spiro atoms. The van der Waals surface area contributed by atoms with Crippen molar-refractivity contribution in [1.29, 1.82) is 0 Å². The molecule has 28 heavy (non-hydrogen) atoms. The number of hydrogen-bond acceptors (Lipinski definition) is 7. The number of hydrogen-bond donors (Lipinski definition) is 1. The second kappa shape index (κ2) is 7.89. The van der Waals surface area contributed by atoms with Crippen LogP contribution in [0.15, 0.2) is 35.4 Å². The van der Waals surface area contributed by atoms with E-state index in [-0.39, 0.29) is 17.9 Å². The van der Waals surface area contributed by atoms with E-state index in [0.29, 0.717) is 29.8 Å². The highest BCUT2D eigenvalue weighted by Crippen LogP contribution is 2.20. The zero-order valence-corrected chi connectivity index (χ0v) is 15.8. The third kappa shape index (κ3) is 3.94. The van der Waals surface area contributed by atoms with Crippen molar-refractivity contribution in [3.8, 4) is 17.3 Å². The lowest BCUT2D eigenvalue weighted by Crippen LogP contribution is -2.31. The van der Waals surface area contributed by atoms with Gasteiger partial charge in [0.1, 0.15) is 17.8 Å². The summed E-state index contributed by atoms with van der Waals surface area (Å²) in [5, 5.41) is 6.82. The highest BCUT2D eigenvalue weighted by Gasteiger charge is 2.18. The zero-order chi connectivity index (χ0) is 19.5. The summed E-state index contributed by atoms with van der Waals surface area (Å²) in [5.41, 5.74) is 1.07. The molecule has 1 fully saturated rings. The number of ether oxygens (including phenoxy) is 1. The lowest BCUT2D eigenvalue weighted by Gasteiger charge is -2.09. The average molecular weight is 382 g/mol. The number of carbonyl (C=O) groups excluding carboxylic acids is 1. The fourth-order valence-electron chi connectivity index (χ4n) is 2.92. The maximum absolute atomic E-state index is 12.3. The number of amides is 1. The summed E-state index contributed by atoms with van der Waals surface area (Å²) in [4.78, 5) is 25.2.